The van der Waals surface area contributed by atoms with Crippen molar-refractivity contribution in [2.24, 2.45) is 5.92 Å². The molecule has 1 saturated heterocycles. The molecule has 2 aliphatic rings. The van der Waals surface area contributed by atoms with Crippen LogP contribution in [0.25, 0.3) is 0 Å². The van der Waals surface area contributed by atoms with Crippen LogP contribution in [0.5, 0.6) is 5.75 Å². The van der Waals surface area contributed by atoms with Crippen LogP contribution in [-0.2, 0) is 9.53 Å². The second-order valence-corrected chi connectivity index (χ2v) is 6.89. The lowest BCUT2D eigenvalue weighted by molar-refractivity contribution is -0.140. The number of nitrogens with zero attached hydrogens (tertiary/aromatic N) is 1. The summed E-state index contributed by atoms with van der Waals surface area (Å²) in [5.74, 6) is -0.248. The van der Waals surface area contributed by atoms with E-state index in [4.69, 9.17) is 4.74 Å². The summed E-state index contributed by atoms with van der Waals surface area (Å²) in [7, 11) is 0. The van der Waals surface area contributed by atoms with E-state index in [9.17, 15) is 14.7 Å². The number of benzene rings is 1. The summed E-state index contributed by atoms with van der Waals surface area (Å²) >= 11 is 0. The quantitative estimate of drug-likeness (QED) is 0.865. The SMILES string of the molecule is Cc1cccc(C(=O)OCC(=O)N2CCC[C@@H]3CCCC[C@H]32)c1O. The zero-order chi connectivity index (χ0) is 17.1. The van der Waals surface area contributed by atoms with Gasteiger partial charge in [0.05, 0.1) is 0 Å². The van der Waals surface area contributed by atoms with Crippen LogP contribution in [0, 0.1) is 12.8 Å². The summed E-state index contributed by atoms with van der Waals surface area (Å²) < 4.78 is 5.17. The minimum atomic E-state index is -0.651. The van der Waals surface area contributed by atoms with Gasteiger partial charge in [-0.3, -0.25) is 4.79 Å². The summed E-state index contributed by atoms with van der Waals surface area (Å²) in [6.07, 6.45) is 6.91. The van der Waals surface area contributed by atoms with Crippen molar-refractivity contribution in [3.63, 3.8) is 0 Å². The highest BCUT2D eigenvalue weighted by molar-refractivity contribution is 5.94. The molecule has 1 N–H and O–H groups in total. The molecule has 1 aromatic rings. The number of hydrogen-bond donors (Lipinski definition) is 1. The fraction of sp³-hybridized carbons (Fsp3) is 0.579. The fourth-order valence-electron chi connectivity index (χ4n) is 4.05. The molecule has 0 spiro atoms. The van der Waals surface area contributed by atoms with Crippen LogP contribution in [0.4, 0.5) is 0 Å². The summed E-state index contributed by atoms with van der Waals surface area (Å²) in [5.41, 5.74) is 0.717. The Morgan fingerprint density at radius 2 is 1.96 bits per heavy atom. The van der Waals surface area contributed by atoms with E-state index in [1.807, 2.05) is 4.90 Å². The molecule has 24 heavy (non-hydrogen) atoms. The van der Waals surface area contributed by atoms with Crippen LogP contribution in [0.2, 0.25) is 0 Å². The first-order chi connectivity index (χ1) is 11.6. The van der Waals surface area contributed by atoms with Gasteiger partial charge in [-0.15, -0.1) is 0 Å². The monoisotopic (exact) mass is 331 g/mol. The molecule has 0 aromatic heterocycles. The highest BCUT2D eigenvalue weighted by Gasteiger charge is 2.35. The number of hydrogen-bond acceptors (Lipinski definition) is 4. The van der Waals surface area contributed by atoms with Gasteiger partial charge in [0.2, 0.25) is 0 Å². The normalized spacial score (nSPS) is 23.5. The third kappa shape index (κ3) is 3.40. The number of aromatic hydroxyl groups is 1. The Morgan fingerprint density at radius 1 is 1.21 bits per heavy atom. The van der Waals surface area contributed by atoms with Crippen LogP contribution < -0.4 is 0 Å². The van der Waals surface area contributed by atoms with Gasteiger partial charge in [-0.25, -0.2) is 4.79 Å². The fourth-order valence-corrected chi connectivity index (χ4v) is 4.05. The van der Waals surface area contributed by atoms with Gasteiger partial charge in [0.25, 0.3) is 5.91 Å². The van der Waals surface area contributed by atoms with E-state index in [1.165, 1.54) is 31.7 Å². The van der Waals surface area contributed by atoms with Crippen molar-refractivity contribution < 1.29 is 19.4 Å². The van der Waals surface area contributed by atoms with Gasteiger partial charge < -0.3 is 14.7 Å². The van der Waals surface area contributed by atoms with Crippen LogP contribution in [-0.4, -0.2) is 41.1 Å². The molecule has 1 aliphatic carbocycles. The number of aryl methyl sites for hydroxylation is 1. The number of ether oxygens (including phenoxy) is 1. The Hall–Kier alpha value is -2.04. The Labute approximate surface area is 142 Å². The number of piperidine rings is 1. The van der Waals surface area contributed by atoms with Gasteiger partial charge in [0, 0.05) is 12.6 Å². The predicted octanol–water partition coefficient (Wildman–Crippen LogP) is 3.04. The maximum absolute atomic E-state index is 12.5. The molecular formula is C19H25NO4. The van der Waals surface area contributed by atoms with Gasteiger partial charge in [-0.1, -0.05) is 25.0 Å². The summed E-state index contributed by atoms with van der Waals surface area (Å²) in [6.45, 7) is 2.22. The highest BCUT2D eigenvalue weighted by Crippen LogP contribution is 2.35. The van der Waals surface area contributed by atoms with Crippen molar-refractivity contribution in [3.8, 4) is 5.75 Å². The smallest absolute Gasteiger partial charge is 0.342 e. The maximum atomic E-state index is 12.5. The number of esters is 1. The number of phenolic OH excluding ortho intramolecular Hbond substituents is 1. The Morgan fingerprint density at radius 3 is 2.79 bits per heavy atom. The molecule has 1 aromatic carbocycles. The molecule has 2 fully saturated rings. The largest absolute Gasteiger partial charge is 0.507 e. The van der Waals surface area contributed by atoms with Crippen LogP contribution >= 0.6 is 0 Å². The number of para-hydroxylation sites is 1. The minimum Gasteiger partial charge on any atom is -0.507 e. The predicted molar refractivity (Wildman–Crippen MR) is 89.8 cm³/mol. The topological polar surface area (TPSA) is 66.8 Å². The Kier molecular flexibility index (Phi) is 5.07. The average molecular weight is 331 g/mol. The third-order valence-corrected chi connectivity index (χ3v) is 5.35. The van der Waals surface area contributed by atoms with E-state index in [2.05, 4.69) is 0 Å². The average Bonchev–Trinajstić information content (AvgIpc) is 2.61. The summed E-state index contributed by atoms with van der Waals surface area (Å²) in [6, 6.07) is 5.22. The molecule has 3 rings (SSSR count). The first kappa shape index (κ1) is 16.8. The molecule has 2 atom stereocenters. The van der Waals surface area contributed by atoms with Gasteiger partial charge in [-0.2, -0.15) is 0 Å². The van der Waals surface area contributed by atoms with Crippen LogP contribution in [0.15, 0.2) is 18.2 Å². The number of likely N-dealkylation sites (tertiary alicyclic amines) is 1. The standard InChI is InChI=1S/C19H25NO4/c1-13-6-4-9-15(18(13)22)19(23)24-12-17(21)20-11-5-8-14-7-2-3-10-16(14)20/h4,6,9,14,16,22H,2-3,5,7-8,10-12H2,1H3/t14-,16+/m0/s1. The Balaban J connectivity index is 1.60. The second-order valence-electron chi connectivity index (χ2n) is 6.89. The summed E-state index contributed by atoms with van der Waals surface area (Å²) in [4.78, 5) is 26.6. The molecule has 130 valence electrons. The number of fused-ring (bicyclic) bond motifs is 1. The molecule has 1 saturated carbocycles. The zero-order valence-corrected chi connectivity index (χ0v) is 14.2. The van der Waals surface area contributed by atoms with Crippen molar-refractivity contribution in [3.05, 3.63) is 29.3 Å². The van der Waals surface area contributed by atoms with Gasteiger partial charge in [-0.05, 0) is 50.2 Å². The minimum absolute atomic E-state index is 0.0831. The number of rotatable bonds is 3. The highest BCUT2D eigenvalue weighted by atomic mass is 16.5. The zero-order valence-electron chi connectivity index (χ0n) is 14.2. The molecule has 1 aliphatic heterocycles. The van der Waals surface area contributed by atoms with E-state index < -0.39 is 5.97 Å². The number of carbonyl (C=O) groups is 2. The second kappa shape index (κ2) is 7.24. The van der Waals surface area contributed by atoms with Crippen molar-refractivity contribution >= 4 is 11.9 Å². The molecular weight excluding hydrogens is 306 g/mol. The number of amides is 1. The van der Waals surface area contributed by atoms with Crippen LogP contribution in [0.3, 0.4) is 0 Å². The molecule has 5 nitrogen and oxygen atoms in total. The molecule has 1 heterocycles. The van der Waals surface area contributed by atoms with E-state index >= 15 is 0 Å². The maximum Gasteiger partial charge on any atom is 0.342 e. The Bertz CT molecular complexity index is 626. The lowest BCUT2D eigenvalue weighted by Crippen LogP contribution is -2.50. The first-order valence-electron chi connectivity index (χ1n) is 8.83. The van der Waals surface area contributed by atoms with Crippen molar-refractivity contribution in [1.29, 1.82) is 0 Å². The van der Waals surface area contributed by atoms with Crippen molar-refractivity contribution in [1.82, 2.24) is 4.90 Å². The summed E-state index contributed by atoms with van der Waals surface area (Å²) in [5, 5.41) is 9.94. The lowest BCUT2D eigenvalue weighted by atomic mass is 9.78. The van der Waals surface area contributed by atoms with E-state index in [0.717, 1.165) is 19.4 Å². The lowest BCUT2D eigenvalue weighted by Gasteiger charge is -2.44. The van der Waals surface area contributed by atoms with E-state index in [0.29, 0.717) is 17.5 Å². The van der Waals surface area contributed by atoms with Crippen molar-refractivity contribution in [2.75, 3.05) is 13.2 Å². The molecule has 0 unspecified atom stereocenters. The van der Waals surface area contributed by atoms with Gasteiger partial charge >= 0.3 is 5.97 Å². The molecule has 0 bridgehead atoms. The number of carbonyl (C=O) groups excluding carboxylic acids is 2. The number of phenols is 1. The molecule has 5 heteroatoms. The first-order valence-corrected chi connectivity index (χ1v) is 8.83. The van der Waals surface area contributed by atoms with Gasteiger partial charge in [0.1, 0.15) is 11.3 Å². The van der Waals surface area contributed by atoms with Crippen molar-refractivity contribution in [2.45, 2.75) is 51.5 Å². The van der Waals surface area contributed by atoms with E-state index in [1.54, 1.807) is 19.1 Å². The van der Waals surface area contributed by atoms with E-state index in [-0.39, 0.29) is 23.8 Å². The third-order valence-electron chi connectivity index (χ3n) is 5.35. The molecule has 1 amide bonds. The van der Waals surface area contributed by atoms with Crippen LogP contribution in [0.1, 0.15) is 54.4 Å². The van der Waals surface area contributed by atoms with Gasteiger partial charge in [0.15, 0.2) is 6.61 Å². The molecule has 0 radical (unpaired) electrons.